The zero-order valence-electron chi connectivity index (χ0n) is 14.4. The number of nitrogens with zero attached hydrogens (tertiary/aromatic N) is 1. The summed E-state index contributed by atoms with van der Waals surface area (Å²) < 4.78 is 15.9. The Hall–Kier alpha value is -2.64. The first-order valence-electron chi connectivity index (χ1n) is 7.91. The summed E-state index contributed by atoms with van der Waals surface area (Å²) in [6.07, 6.45) is 1.59. The molecule has 134 valence electrons. The van der Waals surface area contributed by atoms with Crippen molar-refractivity contribution < 1.29 is 19.0 Å². The maximum atomic E-state index is 11.9. The van der Waals surface area contributed by atoms with Gasteiger partial charge < -0.3 is 25.3 Å². The average Bonchev–Trinajstić information content (AvgIpc) is 2.65. The summed E-state index contributed by atoms with van der Waals surface area (Å²) in [7, 11) is 3.15. The third kappa shape index (κ3) is 6.06. The van der Waals surface area contributed by atoms with Crippen molar-refractivity contribution >= 4 is 5.91 Å². The van der Waals surface area contributed by atoms with E-state index in [0.29, 0.717) is 24.7 Å². The Labute approximate surface area is 147 Å². The lowest BCUT2D eigenvalue weighted by Gasteiger charge is -2.13. The number of pyridine rings is 1. The van der Waals surface area contributed by atoms with Crippen molar-refractivity contribution in [3.8, 4) is 17.4 Å². The van der Waals surface area contributed by atoms with Crippen LogP contribution in [0.25, 0.3) is 0 Å². The molecule has 0 spiro atoms. The van der Waals surface area contributed by atoms with Gasteiger partial charge >= 0.3 is 0 Å². The molecule has 0 aliphatic rings. The molecule has 0 aliphatic heterocycles. The van der Waals surface area contributed by atoms with Gasteiger partial charge in [0, 0.05) is 32.5 Å². The van der Waals surface area contributed by atoms with Gasteiger partial charge in [0.15, 0.2) is 0 Å². The van der Waals surface area contributed by atoms with Crippen molar-refractivity contribution in [2.75, 3.05) is 20.8 Å². The largest absolute Gasteiger partial charge is 0.497 e. The van der Waals surface area contributed by atoms with Crippen LogP contribution < -0.4 is 20.5 Å². The molecule has 1 amide bonds. The van der Waals surface area contributed by atoms with Gasteiger partial charge in [0.05, 0.1) is 19.6 Å². The van der Waals surface area contributed by atoms with Crippen LogP contribution in [-0.2, 0) is 16.1 Å². The molecule has 1 aromatic carbocycles. The second-order valence-electron chi connectivity index (χ2n) is 5.35. The van der Waals surface area contributed by atoms with Gasteiger partial charge in [0.25, 0.3) is 0 Å². The molecule has 3 N–H and O–H groups in total. The summed E-state index contributed by atoms with van der Waals surface area (Å²) in [4.78, 5) is 16.1. The van der Waals surface area contributed by atoms with E-state index in [1.807, 2.05) is 18.2 Å². The van der Waals surface area contributed by atoms with E-state index in [1.54, 1.807) is 31.5 Å². The van der Waals surface area contributed by atoms with Crippen LogP contribution in [0.4, 0.5) is 0 Å². The standard InChI is InChI=1S/C18H23N3O4/c1-23-14-3-5-15(6-4-14)25-18-9-13(7-8-20-18)12-21-17(22)10-16(11-19)24-2/h3-9,16H,10-12,19H2,1-2H3,(H,21,22). The zero-order chi connectivity index (χ0) is 18.1. The van der Waals surface area contributed by atoms with Gasteiger partial charge in [0.2, 0.25) is 11.8 Å². The maximum Gasteiger partial charge on any atom is 0.222 e. The number of nitrogens with one attached hydrogen (secondary N) is 1. The van der Waals surface area contributed by atoms with Crippen molar-refractivity contribution in [3.63, 3.8) is 0 Å². The van der Waals surface area contributed by atoms with Gasteiger partial charge in [-0.3, -0.25) is 4.79 Å². The van der Waals surface area contributed by atoms with Crippen LogP contribution in [0.1, 0.15) is 12.0 Å². The maximum absolute atomic E-state index is 11.9. The molecule has 25 heavy (non-hydrogen) atoms. The van der Waals surface area contributed by atoms with Crippen molar-refractivity contribution in [3.05, 3.63) is 48.2 Å². The van der Waals surface area contributed by atoms with Crippen molar-refractivity contribution in [1.82, 2.24) is 10.3 Å². The van der Waals surface area contributed by atoms with Crippen LogP contribution in [-0.4, -0.2) is 37.8 Å². The molecule has 0 saturated heterocycles. The van der Waals surface area contributed by atoms with Gasteiger partial charge in [-0.25, -0.2) is 4.98 Å². The molecule has 2 rings (SSSR count). The molecule has 0 bridgehead atoms. The third-order valence-electron chi connectivity index (χ3n) is 3.58. The second-order valence-corrected chi connectivity index (χ2v) is 5.35. The summed E-state index contributed by atoms with van der Waals surface area (Å²) in [6.45, 7) is 0.681. The Morgan fingerprint density at radius 2 is 1.92 bits per heavy atom. The summed E-state index contributed by atoms with van der Waals surface area (Å²) in [5.41, 5.74) is 6.40. The number of hydrogen-bond donors (Lipinski definition) is 2. The molecule has 0 radical (unpaired) electrons. The molecule has 7 nitrogen and oxygen atoms in total. The molecule has 1 heterocycles. The predicted molar refractivity (Wildman–Crippen MR) is 93.6 cm³/mol. The van der Waals surface area contributed by atoms with Crippen LogP contribution in [0.2, 0.25) is 0 Å². The second kappa shape index (κ2) is 9.61. The Kier molecular flexibility index (Phi) is 7.18. The molecule has 0 aliphatic carbocycles. The number of benzene rings is 1. The molecular weight excluding hydrogens is 322 g/mol. The average molecular weight is 345 g/mol. The Morgan fingerprint density at radius 1 is 1.20 bits per heavy atom. The van der Waals surface area contributed by atoms with Gasteiger partial charge in [-0.15, -0.1) is 0 Å². The van der Waals surface area contributed by atoms with Crippen LogP contribution in [0, 0.1) is 0 Å². The van der Waals surface area contributed by atoms with E-state index in [0.717, 1.165) is 11.3 Å². The fourth-order valence-electron chi connectivity index (χ4n) is 2.12. The first kappa shape index (κ1) is 18.7. The molecule has 7 heteroatoms. The van der Waals surface area contributed by atoms with E-state index in [2.05, 4.69) is 10.3 Å². The number of amides is 1. The molecule has 2 aromatic rings. The normalized spacial score (nSPS) is 11.6. The lowest BCUT2D eigenvalue weighted by atomic mass is 10.2. The number of carbonyl (C=O) groups is 1. The van der Waals surface area contributed by atoms with Crippen molar-refractivity contribution in [2.24, 2.45) is 5.73 Å². The van der Waals surface area contributed by atoms with Gasteiger partial charge in [-0.1, -0.05) is 0 Å². The summed E-state index contributed by atoms with van der Waals surface area (Å²) in [5, 5.41) is 2.83. The Morgan fingerprint density at radius 3 is 2.56 bits per heavy atom. The number of aromatic nitrogens is 1. The quantitative estimate of drug-likeness (QED) is 0.720. The third-order valence-corrected chi connectivity index (χ3v) is 3.58. The van der Waals surface area contributed by atoms with E-state index in [-0.39, 0.29) is 18.4 Å². The number of rotatable bonds is 9. The monoisotopic (exact) mass is 345 g/mol. The van der Waals surface area contributed by atoms with E-state index in [1.165, 1.54) is 7.11 Å². The molecule has 0 fully saturated rings. The van der Waals surface area contributed by atoms with Gasteiger partial charge in [0.1, 0.15) is 11.5 Å². The lowest BCUT2D eigenvalue weighted by Crippen LogP contribution is -2.31. The number of nitrogens with two attached hydrogens (primary N) is 1. The van der Waals surface area contributed by atoms with E-state index in [9.17, 15) is 4.79 Å². The van der Waals surface area contributed by atoms with E-state index < -0.39 is 0 Å². The van der Waals surface area contributed by atoms with Crippen LogP contribution in [0.5, 0.6) is 17.4 Å². The highest BCUT2D eigenvalue weighted by molar-refractivity contribution is 5.76. The van der Waals surface area contributed by atoms with E-state index in [4.69, 9.17) is 19.9 Å². The SMILES string of the molecule is COc1ccc(Oc2cc(CNC(=O)CC(CN)OC)ccn2)cc1. The van der Waals surface area contributed by atoms with Gasteiger partial charge in [-0.2, -0.15) is 0 Å². The minimum Gasteiger partial charge on any atom is -0.497 e. The number of methoxy groups -OCH3 is 2. The highest BCUT2D eigenvalue weighted by Crippen LogP contribution is 2.22. The number of ether oxygens (including phenoxy) is 3. The summed E-state index contributed by atoms with van der Waals surface area (Å²) in [6, 6.07) is 10.8. The first-order chi connectivity index (χ1) is 12.1. The Bertz CT molecular complexity index is 672. The smallest absolute Gasteiger partial charge is 0.222 e. The highest BCUT2D eigenvalue weighted by Gasteiger charge is 2.11. The lowest BCUT2D eigenvalue weighted by molar-refractivity contribution is -0.123. The van der Waals surface area contributed by atoms with E-state index >= 15 is 0 Å². The zero-order valence-corrected chi connectivity index (χ0v) is 14.4. The van der Waals surface area contributed by atoms with Crippen molar-refractivity contribution in [2.45, 2.75) is 19.1 Å². The minimum atomic E-state index is -0.272. The van der Waals surface area contributed by atoms with Gasteiger partial charge in [-0.05, 0) is 35.9 Å². The number of carbonyl (C=O) groups excluding carboxylic acids is 1. The predicted octanol–water partition coefficient (Wildman–Crippen LogP) is 1.86. The molecular formula is C18H23N3O4. The molecule has 1 unspecified atom stereocenters. The molecule has 1 aromatic heterocycles. The highest BCUT2D eigenvalue weighted by atomic mass is 16.5. The fraction of sp³-hybridized carbons (Fsp3) is 0.333. The first-order valence-corrected chi connectivity index (χ1v) is 7.91. The Balaban J connectivity index is 1.90. The van der Waals surface area contributed by atoms with Crippen molar-refractivity contribution in [1.29, 1.82) is 0 Å². The molecule has 0 saturated carbocycles. The minimum absolute atomic E-state index is 0.119. The molecule has 1 atom stereocenters. The topological polar surface area (TPSA) is 95.7 Å². The van der Waals surface area contributed by atoms with Crippen LogP contribution >= 0.6 is 0 Å². The van der Waals surface area contributed by atoms with Crippen LogP contribution in [0.15, 0.2) is 42.6 Å². The summed E-state index contributed by atoms with van der Waals surface area (Å²) in [5.74, 6) is 1.74. The van der Waals surface area contributed by atoms with Crippen LogP contribution in [0.3, 0.4) is 0 Å². The number of hydrogen-bond acceptors (Lipinski definition) is 6. The fourth-order valence-corrected chi connectivity index (χ4v) is 2.12. The summed E-state index contributed by atoms with van der Waals surface area (Å²) >= 11 is 0.